The van der Waals surface area contributed by atoms with E-state index in [1.165, 1.54) is 17.4 Å². The molecule has 2 aliphatic rings. The van der Waals surface area contributed by atoms with Gasteiger partial charge in [0.05, 0.1) is 37.2 Å². The van der Waals surface area contributed by atoms with Crippen molar-refractivity contribution in [3.05, 3.63) is 36.3 Å². The van der Waals surface area contributed by atoms with Gasteiger partial charge in [-0.3, -0.25) is 4.90 Å². The van der Waals surface area contributed by atoms with Crippen molar-refractivity contribution in [2.45, 2.75) is 43.9 Å². The molecule has 0 aromatic carbocycles. The van der Waals surface area contributed by atoms with Crippen LogP contribution in [-0.2, 0) is 9.47 Å². The zero-order valence-electron chi connectivity index (χ0n) is 17.6. The summed E-state index contributed by atoms with van der Waals surface area (Å²) in [6.45, 7) is 4.52. The predicted molar refractivity (Wildman–Crippen MR) is 118 cm³/mol. The van der Waals surface area contributed by atoms with Crippen LogP contribution in [0.4, 0.5) is 0 Å². The van der Waals surface area contributed by atoms with Gasteiger partial charge in [-0.05, 0) is 62.4 Å². The summed E-state index contributed by atoms with van der Waals surface area (Å²) in [6, 6.07) is 4.35. The highest BCUT2D eigenvalue weighted by Gasteiger charge is 2.31. The molecule has 0 aliphatic carbocycles. The van der Waals surface area contributed by atoms with Gasteiger partial charge in [-0.2, -0.15) is 0 Å². The first-order valence-corrected chi connectivity index (χ1v) is 11.1. The van der Waals surface area contributed by atoms with Crippen LogP contribution in [0, 0.1) is 0 Å². The third-order valence-electron chi connectivity index (χ3n) is 6.64. The first-order valence-electron chi connectivity index (χ1n) is 11.1. The second kappa shape index (κ2) is 8.98. The summed E-state index contributed by atoms with van der Waals surface area (Å²) < 4.78 is 11.2. The van der Waals surface area contributed by atoms with Gasteiger partial charge in [0, 0.05) is 36.8 Å². The van der Waals surface area contributed by atoms with Gasteiger partial charge in [0.25, 0.3) is 0 Å². The SMILES string of the molecule is COCCOC1CCCN(C2CC(c3cc[nH]c4cnc5nccc5c34)CCN2)C1. The molecular formula is C23H31N5O2. The zero-order chi connectivity index (χ0) is 20.3. The van der Waals surface area contributed by atoms with Crippen LogP contribution in [0.5, 0.6) is 0 Å². The highest BCUT2D eigenvalue weighted by Crippen LogP contribution is 2.36. The normalized spacial score (nSPS) is 25.8. The number of piperidine rings is 2. The van der Waals surface area contributed by atoms with Crippen molar-refractivity contribution in [1.29, 1.82) is 0 Å². The van der Waals surface area contributed by atoms with E-state index >= 15 is 0 Å². The van der Waals surface area contributed by atoms with Crippen LogP contribution < -0.4 is 5.32 Å². The highest BCUT2D eigenvalue weighted by molar-refractivity contribution is 6.05. The largest absolute Gasteiger partial charge is 0.382 e. The molecule has 0 amide bonds. The number of hydrogen-bond acceptors (Lipinski definition) is 6. The molecular weight excluding hydrogens is 378 g/mol. The summed E-state index contributed by atoms with van der Waals surface area (Å²) >= 11 is 0. The van der Waals surface area contributed by atoms with Crippen molar-refractivity contribution < 1.29 is 9.47 Å². The van der Waals surface area contributed by atoms with E-state index in [9.17, 15) is 0 Å². The third kappa shape index (κ3) is 3.95. The van der Waals surface area contributed by atoms with E-state index in [0.29, 0.717) is 31.4 Å². The molecule has 0 saturated carbocycles. The predicted octanol–water partition coefficient (Wildman–Crippen LogP) is 3.03. The van der Waals surface area contributed by atoms with Crippen molar-refractivity contribution in [1.82, 2.24) is 25.2 Å². The topological polar surface area (TPSA) is 75.3 Å². The Hall–Kier alpha value is -2.06. The Bertz CT molecular complexity index is 990. The smallest absolute Gasteiger partial charge is 0.159 e. The van der Waals surface area contributed by atoms with Crippen LogP contribution in [-0.4, -0.2) is 72.1 Å². The quantitative estimate of drug-likeness (QED) is 0.610. The fraction of sp³-hybridized carbons (Fsp3) is 0.565. The van der Waals surface area contributed by atoms with E-state index in [2.05, 4.69) is 43.5 Å². The number of rotatable bonds is 6. The Kier molecular flexibility index (Phi) is 5.95. The molecule has 160 valence electrons. The van der Waals surface area contributed by atoms with E-state index in [1.54, 1.807) is 7.11 Å². The maximum Gasteiger partial charge on any atom is 0.159 e. The molecule has 5 rings (SSSR count). The number of pyridine rings is 2. The van der Waals surface area contributed by atoms with Gasteiger partial charge in [0.15, 0.2) is 5.65 Å². The molecule has 7 nitrogen and oxygen atoms in total. The fourth-order valence-electron chi connectivity index (χ4n) is 5.16. The molecule has 0 spiro atoms. The fourth-order valence-corrected chi connectivity index (χ4v) is 5.16. The summed E-state index contributed by atoms with van der Waals surface area (Å²) in [5.41, 5.74) is 3.34. The van der Waals surface area contributed by atoms with Crippen LogP contribution in [0.25, 0.3) is 21.9 Å². The van der Waals surface area contributed by atoms with Gasteiger partial charge in [-0.1, -0.05) is 0 Å². The Balaban J connectivity index is 1.35. The number of nitrogens with zero attached hydrogens (tertiary/aromatic N) is 3. The number of likely N-dealkylation sites (tertiary alicyclic amines) is 1. The van der Waals surface area contributed by atoms with E-state index in [1.807, 2.05) is 12.4 Å². The van der Waals surface area contributed by atoms with Crippen LogP contribution in [0.2, 0.25) is 0 Å². The lowest BCUT2D eigenvalue weighted by Crippen LogP contribution is -2.54. The number of methoxy groups -OCH3 is 1. The summed E-state index contributed by atoms with van der Waals surface area (Å²) in [4.78, 5) is 14.9. The van der Waals surface area contributed by atoms with Crippen molar-refractivity contribution in [3.63, 3.8) is 0 Å². The lowest BCUT2D eigenvalue weighted by molar-refractivity contribution is -0.0371. The lowest BCUT2D eigenvalue weighted by Gasteiger charge is -2.42. The molecule has 2 N–H and O–H groups in total. The zero-order valence-corrected chi connectivity index (χ0v) is 17.6. The summed E-state index contributed by atoms with van der Waals surface area (Å²) in [7, 11) is 1.73. The molecule has 0 radical (unpaired) electrons. The lowest BCUT2D eigenvalue weighted by atomic mass is 9.85. The van der Waals surface area contributed by atoms with Gasteiger partial charge in [0.1, 0.15) is 0 Å². The highest BCUT2D eigenvalue weighted by atomic mass is 16.5. The molecule has 2 aliphatic heterocycles. The minimum Gasteiger partial charge on any atom is -0.382 e. The first kappa shape index (κ1) is 19.9. The second-order valence-electron chi connectivity index (χ2n) is 8.48. The molecule has 30 heavy (non-hydrogen) atoms. The molecule has 3 aromatic heterocycles. The standard InChI is InChI=1S/C23H31N5O2/c1-29-11-12-30-17-3-2-10-28(15-17)21-13-16(4-7-25-21)18-5-8-24-20-14-27-23-19(22(18)20)6-9-26-23/h5-6,8-9,14,16-17,21,24-25H,2-4,7,10-13,15H2,1H3. The monoisotopic (exact) mass is 409 g/mol. The van der Waals surface area contributed by atoms with Gasteiger partial charge < -0.3 is 19.8 Å². The van der Waals surface area contributed by atoms with Crippen LogP contribution >= 0.6 is 0 Å². The maximum atomic E-state index is 6.04. The minimum absolute atomic E-state index is 0.310. The molecule has 5 heterocycles. The molecule has 2 saturated heterocycles. The van der Waals surface area contributed by atoms with E-state index in [0.717, 1.165) is 55.4 Å². The van der Waals surface area contributed by atoms with Gasteiger partial charge in [-0.25, -0.2) is 9.97 Å². The molecule has 3 unspecified atom stereocenters. The minimum atomic E-state index is 0.310. The van der Waals surface area contributed by atoms with E-state index in [4.69, 9.17) is 9.47 Å². The van der Waals surface area contributed by atoms with E-state index in [-0.39, 0.29) is 0 Å². The first-order chi connectivity index (χ1) is 14.8. The summed E-state index contributed by atoms with van der Waals surface area (Å²) in [5.74, 6) is 0.517. The van der Waals surface area contributed by atoms with Gasteiger partial charge >= 0.3 is 0 Å². The van der Waals surface area contributed by atoms with Crippen LogP contribution in [0.1, 0.15) is 37.2 Å². The molecule has 7 heteroatoms. The molecule has 3 atom stereocenters. The van der Waals surface area contributed by atoms with Gasteiger partial charge in [-0.15, -0.1) is 0 Å². The Labute approximate surface area is 177 Å². The number of hydrogen-bond donors (Lipinski definition) is 2. The average Bonchev–Trinajstić information content (AvgIpc) is 3.28. The van der Waals surface area contributed by atoms with Crippen LogP contribution in [0.3, 0.4) is 0 Å². The van der Waals surface area contributed by atoms with Crippen molar-refractivity contribution in [2.24, 2.45) is 0 Å². The van der Waals surface area contributed by atoms with E-state index < -0.39 is 0 Å². The van der Waals surface area contributed by atoms with Gasteiger partial charge in [0.2, 0.25) is 0 Å². The van der Waals surface area contributed by atoms with Crippen molar-refractivity contribution >= 4 is 21.9 Å². The van der Waals surface area contributed by atoms with Crippen molar-refractivity contribution in [2.75, 3.05) is 40.0 Å². The maximum absolute atomic E-state index is 6.04. The number of ether oxygens (including phenoxy) is 2. The second-order valence-corrected chi connectivity index (χ2v) is 8.48. The van der Waals surface area contributed by atoms with Crippen molar-refractivity contribution in [3.8, 4) is 0 Å². The molecule has 3 aromatic rings. The number of nitrogens with one attached hydrogen (secondary N) is 2. The number of aromatic amines is 1. The average molecular weight is 410 g/mol. The third-order valence-corrected chi connectivity index (χ3v) is 6.64. The Morgan fingerprint density at radius 1 is 1.20 bits per heavy atom. The summed E-state index contributed by atoms with van der Waals surface area (Å²) in [5, 5.41) is 6.20. The number of H-pyrrole nitrogens is 1. The Morgan fingerprint density at radius 2 is 2.17 bits per heavy atom. The van der Waals surface area contributed by atoms with Crippen LogP contribution in [0.15, 0.2) is 30.7 Å². The number of fused-ring (bicyclic) bond motifs is 3. The Morgan fingerprint density at radius 3 is 3.10 bits per heavy atom. The molecule has 2 fully saturated rings. The number of aromatic nitrogens is 3. The molecule has 0 bridgehead atoms. The summed E-state index contributed by atoms with van der Waals surface area (Å²) in [6.07, 6.45) is 11.1.